The number of allylic oxidation sites excluding steroid dienone is 1. The average Bonchev–Trinajstić information content (AvgIpc) is 3.21. The highest BCUT2D eigenvalue weighted by molar-refractivity contribution is 7.13. The molecule has 176 valence electrons. The minimum Gasteiger partial charge on any atom is -0.424 e. The van der Waals surface area contributed by atoms with E-state index < -0.39 is 57.2 Å². The third-order valence-electron chi connectivity index (χ3n) is 4.56. The highest BCUT2D eigenvalue weighted by Gasteiger charge is 2.37. The molecule has 3 rings (SSSR count). The summed E-state index contributed by atoms with van der Waals surface area (Å²) < 4.78 is 74.9. The molecule has 0 aliphatic carbocycles. The lowest BCUT2D eigenvalue weighted by Gasteiger charge is -2.21. The summed E-state index contributed by atoms with van der Waals surface area (Å²) in [6.45, 7) is 4.49. The molecular formula is C24H17F5N2O2S. The quantitative estimate of drug-likeness (QED) is 0.169. The maximum absolute atomic E-state index is 14.2. The van der Waals surface area contributed by atoms with Gasteiger partial charge in [0.15, 0.2) is 5.76 Å². The van der Waals surface area contributed by atoms with Crippen molar-refractivity contribution in [3.05, 3.63) is 76.3 Å². The maximum atomic E-state index is 14.2. The molecule has 0 aliphatic heterocycles. The lowest BCUT2D eigenvalue weighted by molar-refractivity contribution is -0.146. The molecule has 3 aromatic rings. The summed E-state index contributed by atoms with van der Waals surface area (Å²) in [4.78, 5) is 16.7. The van der Waals surface area contributed by atoms with Crippen LogP contribution in [0.1, 0.15) is 37.6 Å². The highest BCUT2D eigenvalue weighted by atomic mass is 32.1. The van der Waals surface area contributed by atoms with Crippen LogP contribution in [-0.2, 0) is 15.7 Å². The van der Waals surface area contributed by atoms with Crippen molar-refractivity contribution in [1.29, 1.82) is 5.26 Å². The van der Waals surface area contributed by atoms with Crippen LogP contribution in [0.15, 0.2) is 47.8 Å². The van der Waals surface area contributed by atoms with Crippen LogP contribution in [0.5, 0.6) is 0 Å². The van der Waals surface area contributed by atoms with Gasteiger partial charge in [0.25, 0.3) is 0 Å². The summed E-state index contributed by atoms with van der Waals surface area (Å²) in [5.74, 6) is -3.33. The Kier molecular flexibility index (Phi) is 6.89. The second-order valence-corrected chi connectivity index (χ2v) is 8.99. The zero-order valence-electron chi connectivity index (χ0n) is 18.1. The Morgan fingerprint density at radius 3 is 2.21 bits per heavy atom. The van der Waals surface area contributed by atoms with Gasteiger partial charge in [-0.15, -0.1) is 11.3 Å². The molecule has 4 nitrogen and oxygen atoms in total. The molecule has 1 aromatic heterocycles. The summed E-state index contributed by atoms with van der Waals surface area (Å²) in [6.07, 6.45) is -4.82. The highest BCUT2D eigenvalue weighted by Crippen LogP contribution is 2.39. The van der Waals surface area contributed by atoms with Gasteiger partial charge in [-0.25, -0.2) is 13.8 Å². The van der Waals surface area contributed by atoms with Crippen molar-refractivity contribution in [2.45, 2.75) is 26.9 Å². The van der Waals surface area contributed by atoms with E-state index in [0.717, 1.165) is 41.7 Å². The Morgan fingerprint density at radius 2 is 1.65 bits per heavy atom. The number of thiazole rings is 1. The SMILES string of the molecule is CC(C)(C)C(=O)O/C(=C(\C#N)c1csc(-c2c(F)cccc2F)n1)c1ccccc1C(F)(F)F. The van der Waals surface area contributed by atoms with Gasteiger partial charge < -0.3 is 4.74 Å². The maximum Gasteiger partial charge on any atom is 0.417 e. The average molecular weight is 492 g/mol. The third kappa shape index (κ3) is 5.15. The van der Waals surface area contributed by atoms with Gasteiger partial charge in [0.2, 0.25) is 0 Å². The molecule has 2 aromatic carbocycles. The normalized spacial score (nSPS) is 12.7. The number of carbonyl (C=O) groups excluding carboxylic acids is 1. The zero-order chi connectivity index (χ0) is 25.3. The van der Waals surface area contributed by atoms with E-state index >= 15 is 0 Å². The topological polar surface area (TPSA) is 63.0 Å². The van der Waals surface area contributed by atoms with Crippen molar-refractivity contribution >= 4 is 28.6 Å². The first-order valence-electron chi connectivity index (χ1n) is 9.78. The van der Waals surface area contributed by atoms with Gasteiger partial charge in [-0.1, -0.05) is 24.3 Å². The second-order valence-electron chi connectivity index (χ2n) is 8.13. The van der Waals surface area contributed by atoms with E-state index in [-0.39, 0.29) is 10.7 Å². The molecule has 34 heavy (non-hydrogen) atoms. The molecule has 0 spiro atoms. The number of rotatable bonds is 4. The van der Waals surface area contributed by atoms with Crippen LogP contribution in [0.3, 0.4) is 0 Å². The number of carbonyl (C=O) groups is 1. The number of hydrogen-bond donors (Lipinski definition) is 0. The Labute approximate surface area is 195 Å². The van der Waals surface area contributed by atoms with Gasteiger partial charge in [-0.05, 0) is 39.0 Å². The number of ether oxygens (including phenoxy) is 1. The lowest BCUT2D eigenvalue weighted by Crippen LogP contribution is -2.23. The van der Waals surface area contributed by atoms with E-state index in [0.29, 0.717) is 0 Å². The lowest BCUT2D eigenvalue weighted by atomic mass is 9.96. The molecule has 0 bridgehead atoms. The minimum atomic E-state index is -4.82. The number of esters is 1. The van der Waals surface area contributed by atoms with E-state index in [1.807, 2.05) is 0 Å². The van der Waals surface area contributed by atoms with E-state index in [1.165, 1.54) is 38.3 Å². The van der Waals surface area contributed by atoms with Crippen molar-refractivity contribution < 1.29 is 31.5 Å². The number of nitriles is 1. The second kappa shape index (κ2) is 9.35. The molecular weight excluding hydrogens is 475 g/mol. The molecule has 0 radical (unpaired) electrons. The number of aromatic nitrogens is 1. The molecule has 0 atom stereocenters. The van der Waals surface area contributed by atoms with Gasteiger partial charge in [0, 0.05) is 10.9 Å². The molecule has 0 saturated heterocycles. The van der Waals surface area contributed by atoms with Crippen molar-refractivity contribution in [2.24, 2.45) is 5.41 Å². The van der Waals surface area contributed by atoms with Crippen molar-refractivity contribution in [2.75, 3.05) is 0 Å². The molecule has 0 saturated carbocycles. The van der Waals surface area contributed by atoms with E-state index in [1.54, 1.807) is 6.07 Å². The van der Waals surface area contributed by atoms with Crippen molar-refractivity contribution in [1.82, 2.24) is 4.98 Å². The minimum absolute atomic E-state index is 0.135. The molecule has 0 fully saturated rings. The van der Waals surface area contributed by atoms with Crippen LogP contribution in [0.4, 0.5) is 22.0 Å². The number of nitrogens with zero attached hydrogens (tertiary/aromatic N) is 2. The number of hydrogen-bond acceptors (Lipinski definition) is 5. The van der Waals surface area contributed by atoms with Gasteiger partial charge in [-0.3, -0.25) is 4.79 Å². The monoisotopic (exact) mass is 492 g/mol. The summed E-state index contributed by atoms with van der Waals surface area (Å²) in [6, 6.07) is 9.26. The number of halogens is 5. The predicted octanol–water partition coefficient (Wildman–Crippen LogP) is 7.09. The predicted molar refractivity (Wildman–Crippen MR) is 117 cm³/mol. The van der Waals surface area contributed by atoms with Crippen LogP contribution in [0.2, 0.25) is 0 Å². The fraction of sp³-hybridized carbons (Fsp3) is 0.208. The van der Waals surface area contributed by atoms with Gasteiger partial charge in [0.1, 0.15) is 28.3 Å². The summed E-state index contributed by atoms with van der Waals surface area (Å²) >= 11 is 0.782. The Morgan fingerprint density at radius 1 is 1.03 bits per heavy atom. The molecule has 0 aliphatic rings. The standard InChI is InChI=1S/C24H17F5N2O2S/c1-23(2,3)22(32)33-20(13-7-4-5-8-15(13)24(27,28)29)14(11-30)18-12-34-21(31-18)19-16(25)9-6-10-17(19)26/h4-10,12H,1-3H3/b20-14+. The van der Waals surface area contributed by atoms with E-state index in [9.17, 15) is 32.0 Å². The van der Waals surface area contributed by atoms with Crippen molar-refractivity contribution in [3.63, 3.8) is 0 Å². The van der Waals surface area contributed by atoms with Crippen LogP contribution in [-0.4, -0.2) is 11.0 Å². The zero-order valence-corrected chi connectivity index (χ0v) is 18.9. The molecule has 1 heterocycles. The molecule has 10 heteroatoms. The first-order valence-corrected chi connectivity index (χ1v) is 10.7. The number of benzene rings is 2. The van der Waals surface area contributed by atoms with Crippen LogP contribution in [0.25, 0.3) is 21.9 Å². The van der Waals surface area contributed by atoms with E-state index in [4.69, 9.17) is 4.74 Å². The van der Waals surface area contributed by atoms with Gasteiger partial charge >= 0.3 is 12.1 Å². The summed E-state index contributed by atoms with van der Waals surface area (Å²) in [5.41, 5.74) is -3.92. The third-order valence-corrected chi connectivity index (χ3v) is 5.42. The fourth-order valence-electron chi connectivity index (χ4n) is 2.84. The van der Waals surface area contributed by atoms with Crippen LogP contribution >= 0.6 is 11.3 Å². The Balaban J connectivity index is 2.27. The Hall–Kier alpha value is -3.58. The fourth-order valence-corrected chi connectivity index (χ4v) is 3.70. The first-order chi connectivity index (χ1) is 15.8. The smallest absolute Gasteiger partial charge is 0.417 e. The Bertz CT molecular complexity index is 1290. The summed E-state index contributed by atoms with van der Waals surface area (Å²) in [7, 11) is 0. The molecule has 0 amide bonds. The molecule has 0 N–H and O–H groups in total. The van der Waals surface area contributed by atoms with E-state index in [2.05, 4.69) is 4.98 Å². The van der Waals surface area contributed by atoms with Crippen molar-refractivity contribution in [3.8, 4) is 16.6 Å². The van der Waals surface area contributed by atoms with Crippen LogP contribution < -0.4 is 0 Å². The number of alkyl halides is 3. The van der Waals surface area contributed by atoms with Gasteiger partial charge in [0.05, 0.1) is 22.2 Å². The molecule has 0 unspecified atom stereocenters. The van der Waals surface area contributed by atoms with Crippen LogP contribution in [0, 0.1) is 28.4 Å². The summed E-state index contributed by atoms with van der Waals surface area (Å²) in [5, 5.41) is 11.0. The largest absolute Gasteiger partial charge is 0.424 e. The first kappa shape index (κ1) is 25.1. The van der Waals surface area contributed by atoms with Gasteiger partial charge in [-0.2, -0.15) is 18.4 Å².